The molecule has 0 aliphatic carbocycles. The second kappa shape index (κ2) is 4.99. The summed E-state index contributed by atoms with van der Waals surface area (Å²) in [6, 6.07) is 1.97. The summed E-state index contributed by atoms with van der Waals surface area (Å²) >= 11 is 0. The molecule has 0 N–H and O–H groups in total. The maximum Gasteiger partial charge on any atom is 0.0885 e. The summed E-state index contributed by atoms with van der Waals surface area (Å²) in [5.41, 5.74) is 1.11. The lowest BCUT2D eigenvalue weighted by molar-refractivity contribution is 0.101. The smallest absolute Gasteiger partial charge is 0.0885 e. The minimum Gasteiger partial charge on any atom is -0.374 e. The largest absolute Gasteiger partial charge is 0.374 e. The lowest BCUT2D eigenvalue weighted by atomic mass is 10.4. The van der Waals surface area contributed by atoms with Gasteiger partial charge < -0.3 is 9.64 Å². The Labute approximate surface area is 79.1 Å². The van der Waals surface area contributed by atoms with Crippen molar-refractivity contribution in [3.63, 3.8) is 0 Å². The Morgan fingerprint density at radius 1 is 1.54 bits per heavy atom. The number of hydrogen-bond acceptors (Lipinski definition) is 3. The van der Waals surface area contributed by atoms with E-state index in [0.717, 1.165) is 18.8 Å². The molecule has 0 bridgehead atoms. The summed E-state index contributed by atoms with van der Waals surface area (Å²) in [7, 11) is 5.99. The molecular weight excluding hydrogens is 166 g/mol. The van der Waals surface area contributed by atoms with Gasteiger partial charge >= 0.3 is 0 Å². The summed E-state index contributed by atoms with van der Waals surface area (Å²) in [6.07, 6.45) is 1.78. The minimum atomic E-state index is 0.643. The highest BCUT2D eigenvalue weighted by Crippen LogP contribution is 1.98. The van der Waals surface area contributed by atoms with Crippen LogP contribution in [0.2, 0.25) is 0 Å². The van der Waals surface area contributed by atoms with Crippen LogP contribution in [0.5, 0.6) is 0 Å². The van der Waals surface area contributed by atoms with Crippen LogP contribution < -0.4 is 0 Å². The molecule has 74 valence electrons. The summed E-state index contributed by atoms with van der Waals surface area (Å²) in [6.45, 7) is 2.36. The number of nitrogens with zero attached hydrogens (tertiary/aromatic N) is 3. The SMILES string of the molecule is CN(C)CCOCc1ccnn1C. The zero-order chi connectivity index (χ0) is 9.68. The van der Waals surface area contributed by atoms with Crippen LogP contribution in [0.15, 0.2) is 12.3 Å². The molecule has 4 heteroatoms. The van der Waals surface area contributed by atoms with Crippen molar-refractivity contribution in [3.8, 4) is 0 Å². The Kier molecular flexibility index (Phi) is 3.92. The third-order valence-electron chi connectivity index (χ3n) is 1.86. The summed E-state index contributed by atoms with van der Waals surface area (Å²) in [5.74, 6) is 0. The molecule has 0 radical (unpaired) electrons. The highest BCUT2D eigenvalue weighted by Gasteiger charge is 1.97. The van der Waals surface area contributed by atoms with Crippen LogP contribution in [0.1, 0.15) is 5.69 Å². The molecule has 0 aliphatic rings. The van der Waals surface area contributed by atoms with Crippen LogP contribution in [0.4, 0.5) is 0 Å². The molecule has 13 heavy (non-hydrogen) atoms. The number of aromatic nitrogens is 2. The summed E-state index contributed by atoms with van der Waals surface area (Å²) < 4.78 is 7.30. The van der Waals surface area contributed by atoms with Gasteiger partial charge in [0.25, 0.3) is 0 Å². The predicted molar refractivity (Wildman–Crippen MR) is 51.4 cm³/mol. The van der Waals surface area contributed by atoms with E-state index in [-0.39, 0.29) is 0 Å². The van der Waals surface area contributed by atoms with E-state index in [0.29, 0.717) is 6.61 Å². The standard InChI is InChI=1S/C9H17N3O/c1-11(2)6-7-13-8-9-4-5-10-12(9)3/h4-5H,6-8H2,1-3H3. The number of aryl methyl sites for hydroxylation is 1. The van der Waals surface area contributed by atoms with Crippen LogP contribution in [0.3, 0.4) is 0 Å². The van der Waals surface area contributed by atoms with Crippen LogP contribution in [-0.2, 0) is 18.4 Å². The first-order valence-electron chi connectivity index (χ1n) is 4.39. The van der Waals surface area contributed by atoms with E-state index >= 15 is 0 Å². The molecule has 0 amide bonds. The first kappa shape index (κ1) is 10.2. The van der Waals surface area contributed by atoms with Crippen molar-refractivity contribution >= 4 is 0 Å². The van der Waals surface area contributed by atoms with Crippen molar-refractivity contribution in [1.82, 2.24) is 14.7 Å². The molecule has 0 saturated heterocycles. The van der Waals surface area contributed by atoms with Gasteiger partial charge in [-0.2, -0.15) is 5.10 Å². The van der Waals surface area contributed by atoms with Crippen molar-refractivity contribution in [3.05, 3.63) is 18.0 Å². The molecule has 1 rings (SSSR count). The third kappa shape index (κ3) is 3.57. The van der Waals surface area contributed by atoms with E-state index in [9.17, 15) is 0 Å². The van der Waals surface area contributed by atoms with Gasteiger partial charge in [0.1, 0.15) is 0 Å². The zero-order valence-corrected chi connectivity index (χ0v) is 8.53. The molecule has 1 aromatic rings. The van der Waals surface area contributed by atoms with E-state index in [1.165, 1.54) is 0 Å². The van der Waals surface area contributed by atoms with Gasteiger partial charge in [0.15, 0.2) is 0 Å². The highest BCUT2D eigenvalue weighted by molar-refractivity contribution is 4.97. The number of hydrogen-bond donors (Lipinski definition) is 0. The van der Waals surface area contributed by atoms with E-state index in [1.807, 2.05) is 31.9 Å². The Morgan fingerprint density at radius 3 is 2.85 bits per heavy atom. The van der Waals surface area contributed by atoms with Crippen molar-refractivity contribution in [2.45, 2.75) is 6.61 Å². The Hall–Kier alpha value is -0.870. The second-order valence-corrected chi connectivity index (χ2v) is 3.30. The summed E-state index contributed by atoms with van der Waals surface area (Å²) in [4.78, 5) is 2.10. The van der Waals surface area contributed by atoms with Crippen LogP contribution >= 0.6 is 0 Å². The van der Waals surface area contributed by atoms with Gasteiger partial charge in [-0.05, 0) is 20.2 Å². The normalized spacial score (nSPS) is 11.1. The lowest BCUT2D eigenvalue weighted by Crippen LogP contribution is -2.18. The van der Waals surface area contributed by atoms with Gasteiger partial charge in [0, 0.05) is 19.8 Å². The molecular formula is C9H17N3O. The fraction of sp³-hybridized carbons (Fsp3) is 0.667. The maximum atomic E-state index is 5.47. The topological polar surface area (TPSA) is 30.3 Å². The van der Waals surface area contributed by atoms with Crippen LogP contribution in [0.25, 0.3) is 0 Å². The average Bonchev–Trinajstić information content (AvgIpc) is 2.45. The second-order valence-electron chi connectivity index (χ2n) is 3.30. The van der Waals surface area contributed by atoms with Gasteiger partial charge in [0.2, 0.25) is 0 Å². The number of ether oxygens (including phenoxy) is 1. The van der Waals surface area contributed by atoms with Gasteiger partial charge in [-0.1, -0.05) is 0 Å². The molecule has 0 aliphatic heterocycles. The summed E-state index contributed by atoms with van der Waals surface area (Å²) in [5, 5.41) is 4.06. The van der Waals surface area contributed by atoms with E-state index in [4.69, 9.17) is 4.74 Å². The average molecular weight is 183 g/mol. The highest BCUT2D eigenvalue weighted by atomic mass is 16.5. The molecule has 0 spiro atoms. The molecule has 0 aromatic carbocycles. The lowest BCUT2D eigenvalue weighted by Gasteiger charge is -2.09. The van der Waals surface area contributed by atoms with Gasteiger partial charge in [0.05, 0.1) is 18.9 Å². The fourth-order valence-corrected chi connectivity index (χ4v) is 0.967. The van der Waals surface area contributed by atoms with Gasteiger partial charge in [-0.25, -0.2) is 0 Å². The van der Waals surface area contributed by atoms with E-state index < -0.39 is 0 Å². The van der Waals surface area contributed by atoms with E-state index in [1.54, 1.807) is 6.20 Å². The Bertz CT molecular complexity index is 245. The maximum absolute atomic E-state index is 5.47. The predicted octanol–water partition coefficient (Wildman–Crippen LogP) is 0.498. The molecule has 0 fully saturated rings. The third-order valence-corrected chi connectivity index (χ3v) is 1.86. The Balaban J connectivity index is 2.17. The number of rotatable bonds is 5. The molecule has 1 aromatic heterocycles. The minimum absolute atomic E-state index is 0.643. The molecule has 1 heterocycles. The van der Waals surface area contributed by atoms with Gasteiger partial charge in [-0.3, -0.25) is 4.68 Å². The molecule has 0 unspecified atom stereocenters. The van der Waals surface area contributed by atoms with Crippen molar-refractivity contribution in [2.75, 3.05) is 27.2 Å². The first-order valence-corrected chi connectivity index (χ1v) is 4.39. The van der Waals surface area contributed by atoms with Crippen molar-refractivity contribution in [2.24, 2.45) is 7.05 Å². The van der Waals surface area contributed by atoms with Crippen molar-refractivity contribution < 1.29 is 4.74 Å². The van der Waals surface area contributed by atoms with Crippen LogP contribution in [-0.4, -0.2) is 41.9 Å². The van der Waals surface area contributed by atoms with Crippen LogP contribution in [0, 0.1) is 0 Å². The quantitative estimate of drug-likeness (QED) is 0.623. The molecule has 4 nitrogen and oxygen atoms in total. The fourth-order valence-electron chi connectivity index (χ4n) is 0.967. The molecule has 0 saturated carbocycles. The first-order chi connectivity index (χ1) is 6.20. The molecule has 0 atom stereocenters. The zero-order valence-electron chi connectivity index (χ0n) is 8.53. The number of likely N-dealkylation sites (N-methyl/N-ethyl adjacent to an activating group) is 1. The monoisotopic (exact) mass is 183 g/mol. The van der Waals surface area contributed by atoms with Gasteiger partial charge in [-0.15, -0.1) is 0 Å². The van der Waals surface area contributed by atoms with Crippen molar-refractivity contribution in [1.29, 1.82) is 0 Å². The Morgan fingerprint density at radius 2 is 2.31 bits per heavy atom. The van der Waals surface area contributed by atoms with E-state index in [2.05, 4.69) is 10.00 Å².